The minimum atomic E-state index is -2.20. The molecule has 1 fully saturated rings. The van der Waals surface area contributed by atoms with E-state index < -0.39 is 31.4 Å². The molecule has 5 heteroatoms. The van der Waals surface area contributed by atoms with Crippen molar-refractivity contribution in [3.05, 3.63) is 35.9 Å². The van der Waals surface area contributed by atoms with Crippen LogP contribution in [0.1, 0.15) is 59.6 Å². The molecular formula is C22H36O4Si. The third-order valence-corrected chi connectivity index (χ3v) is 11.2. The van der Waals surface area contributed by atoms with Crippen LogP contribution in [0.4, 0.5) is 0 Å². The van der Waals surface area contributed by atoms with Gasteiger partial charge >= 0.3 is 5.97 Å². The second-order valence-electron chi connectivity index (χ2n) is 10.4. The Morgan fingerprint density at radius 2 is 1.63 bits per heavy atom. The van der Waals surface area contributed by atoms with Crippen molar-refractivity contribution in [2.45, 2.75) is 77.8 Å². The number of aliphatic hydroxyl groups excluding tert-OH is 1. The Hall–Kier alpha value is -1.17. The van der Waals surface area contributed by atoms with E-state index in [0.29, 0.717) is 12.0 Å². The number of methoxy groups -OCH3 is 1. The van der Waals surface area contributed by atoms with Crippen molar-refractivity contribution in [2.75, 3.05) is 7.11 Å². The SMILES string of the molecule is COC(=O)[C@]1(C(O)c2ccccc2)C[C@]1(O[Si](C)(C)C(C)(C)C)C(C)(C)C. The molecular weight excluding hydrogens is 356 g/mol. The molecule has 1 N–H and O–H groups in total. The molecule has 0 saturated heterocycles. The van der Waals surface area contributed by atoms with Crippen molar-refractivity contribution in [1.29, 1.82) is 0 Å². The molecule has 0 bridgehead atoms. The number of carbonyl (C=O) groups is 1. The summed E-state index contributed by atoms with van der Waals surface area (Å²) in [5.74, 6) is -0.396. The Balaban J connectivity index is 2.60. The predicted molar refractivity (Wildman–Crippen MR) is 111 cm³/mol. The first-order chi connectivity index (χ1) is 12.2. The first-order valence-electron chi connectivity index (χ1n) is 9.68. The van der Waals surface area contributed by atoms with Gasteiger partial charge in [0.1, 0.15) is 5.41 Å². The summed E-state index contributed by atoms with van der Waals surface area (Å²) in [5.41, 5.74) is -1.50. The Kier molecular flexibility index (Phi) is 5.50. The fraction of sp³-hybridized carbons (Fsp3) is 0.682. The molecule has 0 aromatic heterocycles. The van der Waals surface area contributed by atoms with Gasteiger partial charge in [-0.25, -0.2) is 0 Å². The number of hydrogen-bond donors (Lipinski definition) is 1. The first-order valence-corrected chi connectivity index (χ1v) is 12.6. The second-order valence-corrected chi connectivity index (χ2v) is 15.1. The fourth-order valence-electron chi connectivity index (χ4n) is 3.92. The molecule has 1 saturated carbocycles. The van der Waals surface area contributed by atoms with Crippen molar-refractivity contribution in [3.8, 4) is 0 Å². The lowest BCUT2D eigenvalue weighted by molar-refractivity contribution is -0.160. The average molecular weight is 393 g/mol. The highest BCUT2D eigenvalue weighted by atomic mass is 28.4. The first kappa shape index (κ1) is 22.1. The molecule has 1 aliphatic rings. The van der Waals surface area contributed by atoms with Crippen molar-refractivity contribution in [3.63, 3.8) is 0 Å². The summed E-state index contributed by atoms with van der Waals surface area (Å²) in [6, 6.07) is 9.36. The van der Waals surface area contributed by atoms with Gasteiger partial charge in [-0.15, -0.1) is 0 Å². The highest BCUT2D eigenvalue weighted by Gasteiger charge is 2.82. The van der Waals surface area contributed by atoms with Gasteiger partial charge in [0.2, 0.25) is 0 Å². The van der Waals surface area contributed by atoms with E-state index in [2.05, 4.69) is 54.6 Å². The molecule has 3 atom stereocenters. The van der Waals surface area contributed by atoms with Crippen LogP contribution in [-0.2, 0) is 14.0 Å². The molecule has 2 rings (SSSR count). The van der Waals surface area contributed by atoms with E-state index >= 15 is 0 Å². The molecule has 0 aliphatic heterocycles. The molecule has 1 aliphatic carbocycles. The molecule has 0 spiro atoms. The Bertz CT molecular complexity index is 687. The van der Waals surface area contributed by atoms with Crippen molar-refractivity contribution >= 4 is 14.3 Å². The van der Waals surface area contributed by atoms with Crippen LogP contribution in [0.5, 0.6) is 0 Å². The van der Waals surface area contributed by atoms with E-state index in [0.717, 1.165) is 0 Å². The molecule has 1 unspecified atom stereocenters. The summed E-state index contributed by atoms with van der Waals surface area (Å²) in [4.78, 5) is 13.1. The fourth-order valence-corrected chi connectivity index (χ4v) is 5.66. The van der Waals surface area contributed by atoms with Gasteiger partial charge in [-0.3, -0.25) is 4.79 Å². The van der Waals surface area contributed by atoms with Crippen LogP contribution in [0, 0.1) is 10.8 Å². The van der Waals surface area contributed by atoms with E-state index in [1.165, 1.54) is 7.11 Å². The third-order valence-electron chi connectivity index (χ3n) is 6.70. The van der Waals surface area contributed by atoms with Gasteiger partial charge in [-0.05, 0) is 35.5 Å². The number of carbonyl (C=O) groups excluding carboxylic acids is 1. The number of rotatable bonds is 5. The summed E-state index contributed by atoms with van der Waals surface area (Å²) in [7, 11) is -0.812. The van der Waals surface area contributed by atoms with Gasteiger partial charge in [0, 0.05) is 0 Å². The van der Waals surface area contributed by atoms with Crippen LogP contribution in [0.3, 0.4) is 0 Å². The monoisotopic (exact) mass is 392 g/mol. The smallest absolute Gasteiger partial charge is 0.317 e. The second kappa shape index (κ2) is 6.71. The molecule has 152 valence electrons. The Labute approximate surface area is 165 Å². The summed E-state index contributed by atoms with van der Waals surface area (Å²) in [6.07, 6.45) is -0.520. The zero-order valence-electron chi connectivity index (χ0n) is 18.3. The van der Waals surface area contributed by atoms with Crippen LogP contribution in [0.15, 0.2) is 30.3 Å². The minimum Gasteiger partial charge on any atom is -0.468 e. The standard InChI is InChI=1S/C22H36O4Si/c1-19(2,3)22(26-27(8,9)20(4,5)6)15-21(22,18(24)25-7)17(23)16-13-11-10-12-14-16/h10-14,17,23H,15H2,1-9H3/t17?,21-,22+/m1/s1. The molecule has 4 nitrogen and oxygen atoms in total. The van der Waals surface area contributed by atoms with Crippen molar-refractivity contribution in [1.82, 2.24) is 0 Å². The Morgan fingerprint density at radius 1 is 1.11 bits per heavy atom. The van der Waals surface area contributed by atoms with Gasteiger partial charge in [0.25, 0.3) is 0 Å². The quantitative estimate of drug-likeness (QED) is 0.560. The summed E-state index contributed by atoms with van der Waals surface area (Å²) in [6.45, 7) is 17.2. The summed E-state index contributed by atoms with van der Waals surface area (Å²) >= 11 is 0. The van der Waals surface area contributed by atoms with Crippen molar-refractivity contribution < 1.29 is 19.1 Å². The molecule has 0 amide bonds. The lowest BCUT2D eigenvalue weighted by Gasteiger charge is -2.46. The van der Waals surface area contributed by atoms with Crippen LogP contribution in [0.25, 0.3) is 0 Å². The maximum absolute atomic E-state index is 13.1. The number of ether oxygens (including phenoxy) is 1. The largest absolute Gasteiger partial charge is 0.468 e. The van der Waals surface area contributed by atoms with Gasteiger partial charge < -0.3 is 14.3 Å². The van der Waals surface area contributed by atoms with E-state index in [1.54, 1.807) is 0 Å². The van der Waals surface area contributed by atoms with Gasteiger partial charge in [-0.1, -0.05) is 71.9 Å². The molecule has 1 aromatic carbocycles. The maximum Gasteiger partial charge on any atom is 0.317 e. The van der Waals surface area contributed by atoms with Gasteiger partial charge in [0.15, 0.2) is 8.32 Å². The van der Waals surface area contributed by atoms with Crippen LogP contribution in [0.2, 0.25) is 18.1 Å². The predicted octanol–water partition coefficient (Wildman–Crippen LogP) is 5.09. The highest BCUT2D eigenvalue weighted by molar-refractivity contribution is 6.74. The zero-order valence-corrected chi connectivity index (χ0v) is 19.3. The van der Waals surface area contributed by atoms with Crippen LogP contribution < -0.4 is 0 Å². The van der Waals surface area contributed by atoms with Crippen LogP contribution >= 0.6 is 0 Å². The summed E-state index contributed by atoms with van der Waals surface area (Å²) < 4.78 is 12.1. The number of esters is 1. The lowest BCUT2D eigenvalue weighted by atomic mass is 9.77. The highest BCUT2D eigenvalue weighted by Crippen LogP contribution is 2.73. The zero-order chi connectivity index (χ0) is 20.9. The number of benzene rings is 1. The normalized spacial score (nSPS) is 27.2. The number of hydrogen-bond acceptors (Lipinski definition) is 4. The molecule has 27 heavy (non-hydrogen) atoms. The Morgan fingerprint density at radius 3 is 2.04 bits per heavy atom. The molecule has 0 heterocycles. The maximum atomic E-state index is 13.1. The molecule has 1 aromatic rings. The average Bonchev–Trinajstić information content (AvgIpc) is 3.23. The van der Waals surface area contributed by atoms with E-state index in [1.807, 2.05) is 30.3 Å². The topological polar surface area (TPSA) is 55.8 Å². The van der Waals surface area contributed by atoms with E-state index in [-0.39, 0.29) is 10.5 Å². The van der Waals surface area contributed by atoms with Gasteiger partial charge in [-0.2, -0.15) is 0 Å². The van der Waals surface area contributed by atoms with E-state index in [9.17, 15) is 9.90 Å². The lowest BCUT2D eigenvalue weighted by Crippen LogP contribution is -2.53. The van der Waals surface area contributed by atoms with Crippen LogP contribution in [-0.4, -0.2) is 32.1 Å². The van der Waals surface area contributed by atoms with Gasteiger partial charge in [0.05, 0.1) is 18.8 Å². The minimum absolute atomic E-state index is 0.00655. The summed E-state index contributed by atoms with van der Waals surface area (Å²) in [5, 5.41) is 11.3. The van der Waals surface area contributed by atoms with Crippen molar-refractivity contribution in [2.24, 2.45) is 10.8 Å². The third kappa shape index (κ3) is 3.38. The van der Waals surface area contributed by atoms with E-state index in [4.69, 9.17) is 9.16 Å². The molecule has 0 radical (unpaired) electrons. The number of aliphatic hydroxyl groups is 1.